The lowest BCUT2D eigenvalue weighted by Gasteiger charge is -2.05. The van der Waals surface area contributed by atoms with E-state index in [1.807, 2.05) is 6.07 Å². The van der Waals surface area contributed by atoms with Crippen molar-refractivity contribution >= 4 is 5.97 Å². The Morgan fingerprint density at radius 3 is 1.96 bits per heavy atom. The van der Waals surface area contributed by atoms with E-state index in [0.717, 1.165) is 12.8 Å². The fourth-order valence-corrected chi connectivity index (χ4v) is 2.52. The molecule has 23 heavy (non-hydrogen) atoms. The van der Waals surface area contributed by atoms with Crippen molar-refractivity contribution in [1.29, 1.82) is 5.26 Å². The maximum atomic E-state index is 11.8. The maximum Gasteiger partial charge on any atom is 0.338 e. The topological polar surface area (TPSA) is 50.1 Å². The van der Waals surface area contributed by atoms with Crippen LogP contribution in [-0.4, -0.2) is 12.6 Å². The second-order valence-electron chi connectivity index (χ2n) is 6.01. The molecule has 0 bridgehead atoms. The molecule has 0 aliphatic carbocycles. The second kappa shape index (κ2) is 12.7. The van der Waals surface area contributed by atoms with Crippen molar-refractivity contribution in [1.82, 2.24) is 0 Å². The zero-order valence-corrected chi connectivity index (χ0v) is 14.4. The van der Waals surface area contributed by atoms with E-state index in [2.05, 4.69) is 6.92 Å². The van der Waals surface area contributed by atoms with Crippen molar-refractivity contribution < 1.29 is 9.53 Å². The molecule has 0 atom stereocenters. The van der Waals surface area contributed by atoms with Crippen LogP contribution in [0.3, 0.4) is 0 Å². The van der Waals surface area contributed by atoms with E-state index in [-0.39, 0.29) is 5.97 Å². The first kappa shape index (κ1) is 19.2. The molecular weight excluding hydrogens is 286 g/mol. The van der Waals surface area contributed by atoms with Crippen LogP contribution in [0.2, 0.25) is 0 Å². The molecule has 0 heterocycles. The standard InChI is InChI=1S/C20H29NO2/c1-2-3-4-5-6-7-8-9-10-11-16-23-20(22)19-14-12-18(17-21)13-15-19/h12-15H,2-11,16H2,1H3. The normalized spacial score (nSPS) is 10.3. The largest absolute Gasteiger partial charge is 0.462 e. The first-order valence-electron chi connectivity index (χ1n) is 8.95. The lowest BCUT2D eigenvalue weighted by Crippen LogP contribution is -2.06. The Bertz CT molecular complexity index is 473. The third kappa shape index (κ3) is 9.03. The Morgan fingerprint density at radius 2 is 1.43 bits per heavy atom. The summed E-state index contributed by atoms with van der Waals surface area (Å²) in [5.41, 5.74) is 1.06. The molecule has 0 amide bonds. The predicted octanol–water partition coefficient (Wildman–Crippen LogP) is 5.64. The summed E-state index contributed by atoms with van der Waals surface area (Å²) in [5, 5.41) is 8.72. The summed E-state index contributed by atoms with van der Waals surface area (Å²) < 4.78 is 5.25. The smallest absolute Gasteiger partial charge is 0.338 e. The van der Waals surface area contributed by atoms with Gasteiger partial charge in [0.1, 0.15) is 0 Å². The number of rotatable bonds is 12. The number of esters is 1. The van der Waals surface area contributed by atoms with Gasteiger partial charge in [0, 0.05) is 0 Å². The number of benzene rings is 1. The molecule has 1 rings (SSSR count). The van der Waals surface area contributed by atoms with Crippen molar-refractivity contribution in [2.45, 2.75) is 71.1 Å². The highest BCUT2D eigenvalue weighted by Crippen LogP contribution is 2.11. The molecule has 0 aliphatic rings. The van der Waals surface area contributed by atoms with Crippen molar-refractivity contribution in [2.75, 3.05) is 6.61 Å². The molecule has 0 aromatic heterocycles. The van der Waals surface area contributed by atoms with Gasteiger partial charge < -0.3 is 4.74 Å². The fraction of sp³-hybridized carbons (Fsp3) is 0.600. The van der Waals surface area contributed by atoms with E-state index in [9.17, 15) is 4.79 Å². The Hall–Kier alpha value is -1.82. The van der Waals surface area contributed by atoms with Crippen LogP contribution in [0.5, 0.6) is 0 Å². The van der Waals surface area contributed by atoms with Crippen molar-refractivity contribution in [3.8, 4) is 6.07 Å². The molecule has 0 unspecified atom stereocenters. The van der Waals surface area contributed by atoms with Crippen molar-refractivity contribution in [3.63, 3.8) is 0 Å². The average Bonchev–Trinajstić information content (AvgIpc) is 2.59. The van der Waals surface area contributed by atoms with Gasteiger partial charge in [-0.15, -0.1) is 0 Å². The lowest BCUT2D eigenvalue weighted by molar-refractivity contribution is 0.0497. The third-order valence-corrected chi connectivity index (χ3v) is 3.98. The van der Waals surface area contributed by atoms with Gasteiger partial charge in [-0.2, -0.15) is 5.26 Å². The number of nitrogens with zero attached hydrogens (tertiary/aromatic N) is 1. The summed E-state index contributed by atoms with van der Waals surface area (Å²) in [6, 6.07) is 8.58. The van der Waals surface area contributed by atoms with Crippen LogP contribution in [0, 0.1) is 11.3 Å². The summed E-state index contributed by atoms with van der Waals surface area (Å²) >= 11 is 0. The molecule has 0 saturated heterocycles. The van der Waals surface area contributed by atoms with Crippen LogP contribution >= 0.6 is 0 Å². The molecule has 0 fully saturated rings. The third-order valence-electron chi connectivity index (χ3n) is 3.98. The number of ether oxygens (including phenoxy) is 1. The number of hydrogen-bond donors (Lipinski definition) is 0. The minimum atomic E-state index is -0.301. The molecule has 0 N–H and O–H groups in total. The summed E-state index contributed by atoms with van der Waals surface area (Å²) in [6.07, 6.45) is 12.7. The average molecular weight is 315 g/mol. The quantitative estimate of drug-likeness (QED) is 0.370. The molecule has 1 aromatic rings. The highest BCUT2D eigenvalue weighted by molar-refractivity contribution is 5.89. The van der Waals surface area contributed by atoms with Crippen LogP contribution in [0.25, 0.3) is 0 Å². The van der Waals surface area contributed by atoms with Crippen molar-refractivity contribution in [2.24, 2.45) is 0 Å². The minimum absolute atomic E-state index is 0.301. The van der Waals surface area contributed by atoms with E-state index >= 15 is 0 Å². The fourth-order valence-electron chi connectivity index (χ4n) is 2.52. The number of carbonyl (C=O) groups is 1. The minimum Gasteiger partial charge on any atom is -0.462 e. The molecule has 0 aliphatic heterocycles. The van der Waals surface area contributed by atoms with Crippen molar-refractivity contribution in [3.05, 3.63) is 35.4 Å². The van der Waals surface area contributed by atoms with Gasteiger partial charge in [0.15, 0.2) is 0 Å². The van der Waals surface area contributed by atoms with Gasteiger partial charge in [-0.1, -0.05) is 64.7 Å². The van der Waals surface area contributed by atoms with Crippen LogP contribution in [0.1, 0.15) is 87.1 Å². The monoisotopic (exact) mass is 315 g/mol. The van der Waals surface area contributed by atoms with Gasteiger partial charge in [0.05, 0.1) is 23.8 Å². The van der Waals surface area contributed by atoms with Gasteiger partial charge in [-0.05, 0) is 30.7 Å². The first-order valence-corrected chi connectivity index (χ1v) is 8.95. The Morgan fingerprint density at radius 1 is 0.913 bits per heavy atom. The predicted molar refractivity (Wildman–Crippen MR) is 93.3 cm³/mol. The number of carbonyl (C=O) groups excluding carboxylic acids is 1. The Balaban J connectivity index is 1.98. The molecule has 3 nitrogen and oxygen atoms in total. The Kier molecular flexibility index (Phi) is 10.6. The number of hydrogen-bond acceptors (Lipinski definition) is 3. The highest BCUT2D eigenvalue weighted by atomic mass is 16.5. The summed E-state index contributed by atoms with van der Waals surface area (Å²) in [4.78, 5) is 11.8. The Labute approximate surface area is 140 Å². The van der Waals surface area contributed by atoms with Gasteiger partial charge in [-0.25, -0.2) is 4.79 Å². The van der Waals surface area contributed by atoms with E-state index in [4.69, 9.17) is 10.00 Å². The van der Waals surface area contributed by atoms with Crippen LogP contribution < -0.4 is 0 Å². The second-order valence-corrected chi connectivity index (χ2v) is 6.01. The zero-order valence-electron chi connectivity index (χ0n) is 14.4. The summed E-state index contributed by atoms with van der Waals surface area (Å²) in [5.74, 6) is -0.301. The molecule has 0 radical (unpaired) electrons. The molecule has 1 aromatic carbocycles. The zero-order chi connectivity index (χ0) is 16.8. The lowest BCUT2D eigenvalue weighted by atomic mass is 10.1. The van der Waals surface area contributed by atoms with Gasteiger partial charge in [0.2, 0.25) is 0 Å². The molecule has 3 heteroatoms. The molecule has 126 valence electrons. The van der Waals surface area contributed by atoms with E-state index < -0.39 is 0 Å². The molecule has 0 saturated carbocycles. The number of nitriles is 1. The number of unbranched alkanes of at least 4 members (excludes halogenated alkanes) is 9. The van der Waals surface area contributed by atoms with Crippen LogP contribution in [0.15, 0.2) is 24.3 Å². The van der Waals surface area contributed by atoms with Crippen LogP contribution in [0.4, 0.5) is 0 Å². The van der Waals surface area contributed by atoms with Crippen LogP contribution in [-0.2, 0) is 4.74 Å². The van der Waals surface area contributed by atoms with Gasteiger partial charge >= 0.3 is 5.97 Å². The molecule has 0 spiro atoms. The van der Waals surface area contributed by atoms with Gasteiger partial charge in [0.25, 0.3) is 0 Å². The SMILES string of the molecule is CCCCCCCCCCCCOC(=O)c1ccc(C#N)cc1. The summed E-state index contributed by atoms with van der Waals surface area (Å²) in [6.45, 7) is 2.73. The van der Waals surface area contributed by atoms with E-state index in [1.165, 1.54) is 51.4 Å². The molecular formula is C20H29NO2. The first-order chi connectivity index (χ1) is 11.3. The maximum absolute atomic E-state index is 11.8. The van der Waals surface area contributed by atoms with E-state index in [0.29, 0.717) is 17.7 Å². The van der Waals surface area contributed by atoms with Gasteiger partial charge in [-0.3, -0.25) is 0 Å². The van der Waals surface area contributed by atoms with E-state index in [1.54, 1.807) is 24.3 Å². The summed E-state index contributed by atoms with van der Waals surface area (Å²) in [7, 11) is 0. The highest BCUT2D eigenvalue weighted by Gasteiger charge is 2.06.